The first-order chi connectivity index (χ1) is 10.8. The number of carbonyl (C=O) groups excluding carboxylic acids is 1. The summed E-state index contributed by atoms with van der Waals surface area (Å²) >= 11 is 6.12. The van der Waals surface area contributed by atoms with Gasteiger partial charge in [-0.1, -0.05) is 11.6 Å². The third kappa shape index (κ3) is 3.64. The Morgan fingerprint density at radius 3 is 2.91 bits per heavy atom. The summed E-state index contributed by atoms with van der Waals surface area (Å²) in [6.45, 7) is 5.52. The van der Waals surface area contributed by atoms with Gasteiger partial charge in [0.25, 0.3) is 0 Å². The Hall–Kier alpha value is -2.08. The first kappa shape index (κ1) is 15.8. The number of amides is 1. The van der Waals surface area contributed by atoms with Crippen LogP contribution in [0.5, 0.6) is 0 Å². The fraction of sp³-hybridized carbons (Fsp3) is 0.438. The Balaban J connectivity index is 1.87. The molecule has 1 aromatic heterocycles. The maximum Gasteiger partial charge on any atom is 0.407 e. The predicted octanol–water partition coefficient (Wildman–Crippen LogP) is 2.91. The van der Waals surface area contributed by atoms with Gasteiger partial charge in [-0.15, -0.1) is 10.2 Å². The summed E-state index contributed by atoms with van der Waals surface area (Å²) in [4.78, 5) is 12.1. The quantitative estimate of drug-likeness (QED) is 0.870. The molecule has 1 N–H and O–H groups in total. The fourth-order valence-corrected chi connectivity index (χ4v) is 2.88. The van der Waals surface area contributed by atoms with Gasteiger partial charge in [-0.25, -0.2) is 4.79 Å². The van der Waals surface area contributed by atoms with Crippen molar-refractivity contribution in [2.45, 2.75) is 45.3 Å². The molecule has 2 aromatic rings. The van der Waals surface area contributed by atoms with E-state index in [9.17, 15) is 4.79 Å². The van der Waals surface area contributed by atoms with E-state index in [2.05, 4.69) is 15.5 Å². The second-order valence-corrected chi connectivity index (χ2v) is 7.08. The highest BCUT2D eigenvalue weighted by Crippen LogP contribution is 2.26. The summed E-state index contributed by atoms with van der Waals surface area (Å²) in [7, 11) is 0. The van der Waals surface area contributed by atoms with E-state index in [1.54, 1.807) is 6.33 Å². The lowest BCUT2D eigenvalue weighted by atomic mass is 10.0. The molecule has 0 aliphatic carbocycles. The minimum Gasteiger partial charge on any atom is -0.444 e. The van der Waals surface area contributed by atoms with Crippen molar-refractivity contribution in [3.8, 4) is 5.69 Å². The van der Waals surface area contributed by atoms with Crippen molar-refractivity contribution >= 4 is 17.7 Å². The molecular weight excluding hydrogens is 316 g/mol. The highest BCUT2D eigenvalue weighted by atomic mass is 35.5. The number of carbonyl (C=O) groups is 1. The average molecular weight is 335 g/mol. The minimum atomic E-state index is -0.532. The van der Waals surface area contributed by atoms with Gasteiger partial charge in [0, 0.05) is 17.5 Å². The monoisotopic (exact) mass is 334 g/mol. The number of rotatable bonds is 1. The molecule has 23 heavy (non-hydrogen) atoms. The van der Waals surface area contributed by atoms with Gasteiger partial charge in [-0.05, 0) is 51.0 Å². The van der Waals surface area contributed by atoms with Crippen molar-refractivity contribution in [3.05, 3.63) is 40.9 Å². The summed E-state index contributed by atoms with van der Waals surface area (Å²) < 4.78 is 7.28. The van der Waals surface area contributed by atoms with E-state index in [4.69, 9.17) is 16.3 Å². The zero-order valence-electron chi connectivity index (χ0n) is 13.3. The van der Waals surface area contributed by atoms with E-state index in [1.165, 1.54) is 0 Å². The molecule has 1 atom stereocenters. The van der Waals surface area contributed by atoms with Crippen LogP contribution in [0.15, 0.2) is 24.5 Å². The molecule has 2 heterocycles. The molecular formula is C16H19ClN4O2. The van der Waals surface area contributed by atoms with Crippen molar-refractivity contribution in [2.75, 3.05) is 0 Å². The van der Waals surface area contributed by atoms with Crippen molar-refractivity contribution < 1.29 is 9.53 Å². The molecule has 122 valence electrons. The number of halogens is 1. The average Bonchev–Trinajstić information content (AvgIpc) is 2.79. The molecule has 1 amide bonds. The minimum absolute atomic E-state index is 0.132. The number of aromatic nitrogens is 3. The van der Waals surface area contributed by atoms with Gasteiger partial charge in [-0.3, -0.25) is 4.57 Å². The largest absolute Gasteiger partial charge is 0.444 e. The molecule has 0 saturated carbocycles. The molecule has 0 spiro atoms. The Morgan fingerprint density at radius 2 is 2.17 bits per heavy atom. The Labute approximate surface area is 139 Å². The van der Waals surface area contributed by atoms with E-state index in [0.717, 1.165) is 17.1 Å². The van der Waals surface area contributed by atoms with Crippen LogP contribution in [0.3, 0.4) is 0 Å². The molecule has 7 heteroatoms. The molecule has 1 unspecified atom stereocenters. The highest BCUT2D eigenvalue weighted by molar-refractivity contribution is 6.30. The Morgan fingerprint density at radius 1 is 1.39 bits per heavy atom. The van der Waals surface area contributed by atoms with E-state index >= 15 is 0 Å². The van der Waals surface area contributed by atoms with Crippen LogP contribution in [-0.2, 0) is 17.6 Å². The number of nitrogens with zero attached hydrogens (tertiary/aromatic N) is 3. The summed E-state index contributed by atoms with van der Waals surface area (Å²) in [6.07, 6.45) is 2.47. The molecule has 6 nitrogen and oxygen atoms in total. The summed E-state index contributed by atoms with van der Waals surface area (Å²) in [5.41, 5.74) is 1.50. The lowest BCUT2D eigenvalue weighted by Gasteiger charge is -2.22. The number of alkyl carbamates (subject to hydrolysis) is 1. The molecule has 0 saturated heterocycles. The summed E-state index contributed by atoms with van der Waals surface area (Å²) in [6, 6.07) is 5.56. The van der Waals surface area contributed by atoms with Gasteiger partial charge in [0.2, 0.25) is 0 Å². The number of ether oxygens (including phenoxy) is 1. The van der Waals surface area contributed by atoms with Crippen LogP contribution in [-0.4, -0.2) is 32.5 Å². The number of nitrogens with one attached hydrogen (secondary N) is 1. The van der Waals surface area contributed by atoms with Crippen molar-refractivity contribution in [3.63, 3.8) is 0 Å². The van der Waals surface area contributed by atoms with Crippen LogP contribution >= 0.6 is 11.6 Å². The third-order valence-corrected chi connectivity index (χ3v) is 3.77. The SMILES string of the molecule is CC(C)(C)OC(=O)NC1Cc2cc(Cl)ccc2-n2cnnc2C1. The van der Waals surface area contributed by atoms with Crippen molar-refractivity contribution in [1.82, 2.24) is 20.1 Å². The van der Waals surface area contributed by atoms with E-state index in [0.29, 0.717) is 17.9 Å². The zero-order valence-corrected chi connectivity index (χ0v) is 14.1. The molecule has 1 aliphatic heterocycles. The molecule has 1 aromatic carbocycles. The predicted molar refractivity (Wildman–Crippen MR) is 86.9 cm³/mol. The number of fused-ring (bicyclic) bond motifs is 3. The second-order valence-electron chi connectivity index (χ2n) is 6.64. The van der Waals surface area contributed by atoms with Crippen LogP contribution in [0, 0.1) is 0 Å². The van der Waals surface area contributed by atoms with Crippen LogP contribution < -0.4 is 5.32 Å². The van der Waals surface area contributed by atoms with E-state index in [1.807, 2.05) is 43.5 Å². The molecule has 0 fully saturated rings. The Bertz CT molecular complexity index is 736. The van der Waals surface area contributed by atoms with E-state index in [-0.39, 0.29) is 6.04 Å². The number of hydrogen-bond acceptors (Lipinski definition) is 4. The standard InChI is InChI=1S/C16H19ClN4O2/c1-16(2,3)23-15(22)19-12-7-10-6-11(17)4-5-13(10)21-9-18-20-14(21)8-12/h4-6,9,12H,7-8H2,1-3H3,(H,19,22). The van der Waals surface area contributed by atoms with Gasteiger partial charge >= 0.3 is 6.09 Å². The van der Waals surface area contributed by atoms with Crippen molar-refractivity contribution in [1.29, 1.82) is 0 Å². The first-order valence-corrected chi connectivity index (χ1v) is 7.87. The normalized spacial score (nSPS) is 17.0. The van der Waals surface area contributed by atoms with E-state index < -0.39 is 11.7 Å². The number of benzene rings is 1. The lowest BCUT2D eigenvalue weighted by molar-refractivity contribution is 0.0504. The summed E-state index contributed by atoms with van der Waals surface area (Å²) in [5.74, 6) is 0.798. The van der Waals surface area contributed by atoms with Crippen LogP contribution in [0.4, 0.5) is 4.79 Å². The lowest BCUT2D eigenvalue weighted by Crippen LogP contribution is -2.41. The van der Waals surface area contributed by atoms with Gasteiger partial charge in [0.1, 0.15) is 17.8 Å². The first-order valence-electron chi connectivity index (χ1n) is 7.49. The number of hydrogen-bond donors (Lipinski definition) is 1. The van der Waals surface area contributed by atoms with Gasteiger partial charge < -0.3 is 10.1 Å². The fourth-order valence-electron chi connectivity index (χ4n) is 2.69. The van der Waals surface area contributed by atoms with Crippen LogP contribution in [0.25, 0.3) is 5.69 Å². The van der Waals surface area contributed by atoms with Gasteiger partial charge in [0.05, 0.1) is 5.69 Å². The smallest absolute Gasteiger partial charge is 0.407 e. The zero-order chi connectivity index (χ0) is 16.6. The van der Waals surface area contributed by atoms with Gasteiger partial charge in [-0.2, -0.15) is 0 Å². The van der Waals surface area contributed by atoms with Gasteiger partial charge in [0.15, 0.2) is 0 Å². The maximum absolute atomic E-state index is 12.1. The maximum atomic E-state index is 12.1. The molecule has 3 rings (SSSR count). The van der Waals surface area contributed by atoms with Crippen molar-refractivity contribution in [2.24, 2.45) is 0 Å². The van der Waals surface area contributed by atoms with Crippen LogP contribution in [0.2, 0.25) is 5.02 Å². The highest BCUT2D eigenvalue weighted by Gasteiger charge is 2.25. The molecule has 0 bridgehead atoms. The topological polar surface area (TPSA) is 69.0 Å². The second kappa shape index (κ2) is 5.85. The Kier molecular flexibility index (Phi) is 4.02. The van der Waals surface area contributed by atoms with Crippen LogP contribution in [0.1, 0.15) is 32.2 Å². The molecule has 1 aliphatic rings. The summed E-state index contributed by atoms with van der Waals surface area (Å²) in [5, 5.41) is 11.7. The third-order valence-electron chi connectivity index (χ3n) is 3.54. The molecule has 0 radical (unpaired) electrons.